The first-order valence-electron chi connectivity index (χ1n) is 6.44. The predicted molar refractivity (Wildman–Crippen MR) is 80.6 cm³/mol. The second-order valence-corrected chi connectivity index (χ2v) is 5.11. The number of aromatic nitrogens is 1. The highest BCUT2D eigenvalue weighted by atomic mass is 35.5. The van der Waals surface area contributed by atoms with Gasteiger partial charge in [0.2, 0.25) is 0 Å². The summed E-state index contributed by atoms with van der Waals surface area (Å²) in [4.78, 5) is 3.99. The molecule has 0 saturated heterocycles. The Morgan fingerprint density at radius 1 is 1.20 bits per heavy atom. The van der Waals surface area contributed by atoms with Crippen LogP contribution in [0.1, 0.15) is 31.0 Å². The Balaban J connectivity index is 2.45. The van der Waals surface area contributed by atoms with Gasteiger partial charge in [-0.05, 0) is 31.5 Å². The number of hydrogen-bond donors (Lipinski definition) is 2. The van der Waals surface area contributed by atoms with Crippen LogP contribution < -0.4 is 16.0 Å². The maximum atomic E-state index is 6.21. The minimum Gasteiger partial charge on any atom is -0.491 e. The molecule has 2 aromatic rings. The molecule has 0 aliphatic rings. The number of rotatable bonds is 5. The summed E-state index contributed by atoms with van der Waals surface area (Å²) in [6.07, 6.45) is 3.38. The number of benzene rings is 1. The summed E-state index contributed by atoms with van der Waals surface area (Å²) in [5, 5.41) is 0.565. The molecular formula is C15H18ClN3O. The molecule has 1 heterocycles. The van der Waals surface area contributed by atoms with E-state index in [2.05, 4.69) is 10.4 Å². The summed E-state index contributed by atoms with van der Waals surface area (Å²) >= 11 is 6.21. The molecule has 0 bridgehead atoms. The smallest absolute Gasteiger partial charge is 0.124 e. The average Bonchev–Trinajstić information content (AvgIpc) is 2.43. The van der Waals surface area contributed by atoms with Crippen molar-refractivity contribution in [3.8, 4) is 5.75 Å². The normalized spacial score (nSPS) is 12.4. The van der Waals surface area contributed by atoms with E-state index in [-0.39, 0.29) is 12.1 Å². The molecule has 0 amide bonds. The molecule has 5 heteroatoms. The molecule has 20 heavy (non-hydrogen) atoms. The first-order valence-corrected chi connectivity index (χ1v) is 6.82. The van der Waals surface area contributed by atoms with Crippen LogP contribution in [-0.4, -0.2) is 11.1 Å². The Morgan fingerprint density at radius 3 is 2.60 bits per heavy atom. The molecule has 0 aliphatic carbocycles. The van der Waals surface area contributed by atoms with Gasteiger partial charge >= 0.3 is 0 Å². The highest BCUT2D eigenvalue weighted by Crippen LogP contribution is 2.32. The maximum Gasteiger partial charge on any atom is 0.124 e. The number of pyridine rings is 1. The molecule has 1 unspecified atom stereocenters. The van der Waals surface area contributed by atoms with Crippen LogP contribution in [0, 0.1) is 0 Å². The standard InChI is InChI=1S/C15H18ClN3O/c1-10(2)20-14-6-4-3-5-12(14)15(19-17)11-7-8-18-9-13(11)16/h3-10,15,19H,17H2,1-2H3. The van der Waals surface area contributed by atoms with E-state index in [0.717, 1.165) is 16.9 Å². The number of halogens is 1. The summed E-state index contributed by atoms with van der Waals surface area (Å²) in [5.41, 5.74) is 4.60. The number of hydrogen-bond acceptors (Lipinski definition) is 4. The van der Waals surface area contributed by atoms with Gasteiger partial charge in [0.15, 0.2) is 0 Å². The van der Waals surface area contributed by atoms with Crippen molar-refractivity contribution >= 4 is 11.6 Å². The van der Waals surface area contributed by atoms with Gasteiger partial charge in [-0.1, -0.05) is 29.8 Å². The topological polar surface area (TPSA) is 60.2 Å². The van der Waals surface area contributed by atoms with Crippen LogP contribution in [0.5, 0.6) is 5.75 Å². The summed E-state index contributed by atoms with van der Waals surface area (Å²) < 4.78 is 5.84. The largest absolute Gasteiger partial charge is 0.491 e. The van der Waals surface area contributed by atoms with Crippen LogP contribution in [0.3, 0.4) is 0 Å². The summed E-state index contributed by atoms with van der Waals surface area (Å²) in [5.74, 6) is 6.51. The number of para-hydroxylation sites is 1. The number of nitrogens with one attached hydrogen (secondary N) is 1. The fraction of sp³-hybridized carbons (Fsp3) is 0.267. The van der Waals surface area contributed by atoms with Gasteiger partial charge in [0, 0.05) is 18.0 Å². The van der Waals surface area contributed by atoms with Crippen molar-refractivity contribution in [3.63, 3.8) is 0 Å². The van der Waals surface area contributed by atoms with Gasteiger partial charge in [-0.3, -0.25) is 10.8 Å². The zero-order valence-electron chi connectivity index (χ0n) is 11.5. The van der Waals surface area contributed by atoms with E-state index in [1.54, 1.807) is 12.4 Å². The molecular weight excluding hydrogens is 274 g/mol. The number of hydrazine groups is 1. The van der Waals surface area contributed by atoms with Gasteiger partial charge in [0.05, 0.1) is 17.2 Å². The van der Waals surface area contributed by atoms with Crippen molar-refractivity contribution in [1.29, 1.82) is 0 Å². The zero-order chi connectivity index (χ0) is 14.5. The van der Waals surface area contributed by atoms with Crippen LogP contribution in [0.2, 0.25) is 5.02 Å². The van der Waals surface area contributed by atoms with Crippen LogP contribution in [0.25, 0.3) is 0 Å². The molecule has 0 saturated carbocycles. The highest BCUT2D eigenvalue weighted by molar-refractivity contribution is 6.31. The molecule has 106 valence electrons. The average molecular weight is 292 g/mol. The van der Waals surface area contributed by atoms with Gasteiger partial charge < -0.3 is 4.74 Å². The molecule has 3 N–H and O–H groups in total. The SMILES string of the molecule is CC(C)Oc1ccccc1C(NN)c1ccncc1Cl. The minimum atomic E-state index is -0.250. The second-order valence-electron chi connectivity index (χ2n) is 4.70. The number of ether oxygens (including phenoxy) is 1. The molecule has 4 nitrogen and oxygen atoms in total. The van der Waals surface area contributed by atoms with Crippen molar-refractivity contribution in [2.75, 3.05) is 0 Å². The molecule has 0 fully saturated rings. The predicted octanol–water partition coefficient (Wildman–Crippen LogP) is 3.07. The Bertz CT molecular complexity index is 575. The lowest BCUT2D eigenvalue weighted by molar-refractivity contribution is 0.238. The van der Waals surface area contributed by atoms with E-state index >= 15 is 0 Å². The van der Waals surface area contributed by atoms with Crippen LogP contribution in [0.15, 0.2) is 42.7 Å². The monoisotopic (exact) mass is 291 g/mol. The van der Waals surface area contributed by atoms with Crippen molar-refractivity contribution in [1.82, 2.24) is 10.4 Å². The first kappa shape index (κ1) is 14.8. The lowest BCUT2D eigenvalue weighted by Gasteiger charge is -2.22. The Hall–Kier alpha value is -1.62. The Morgan fingerprint density at radius 2 is 1.95 bits per heavy atom. The van der Waals surface area contributed by atoms with Gasteiger partial charge in [-0.25, -0.2) is 5.43 Å². The van der Waals surface area contributed by atoms with Crippen LogP contribution >= 0.6 is 11.6 Å². The second kappa shape index (κ2) is 6.70. The van der Waals surface area contributed by atoms with E-state index in [9.17, 15) is 0 Å². The Labute approximate surface area is 123 Å². The Kier molecular flexibility index (Phi) is 4.95. The summed E-state index contributed by atoms with van der Waals surface area (Å²) in [6.45, 7) is 3.97. The lowest BCUT2D eigenvalue weighted by Crippen LogP contribution is -2.29. The van der Waals surface area contributed by atoms with Crippen LogP contribution in [-0.2, 0) is 0 Å². The molecule has 1 atom stereocenters. The summed E-state index contributed by atoms with van der Waals surface area (Å²) in [7, 11) is 0. The van der Waals surface area contributed by atoms with E-state index in [4.69, 9.17) is 22.2 Å². The molecule has 1 aromatic heterocycles. The maximum absolute atomic E-state index is 6.21. The molecule has 2 rings (SSSR count). The third kappa shape index (κ3) is 3.28. The lowest BCUT2D eigenvalue weighted by atomic mass is 9.99. The molecule has 0 radical (unpaired) electrons. The third-order valence-electron chi connectivity index (χ3n) is 2.87. The van der Waals surface area contributed by atoms with Crippen LogP contribution in [0.4, 0.5) is 0 Å². The first-order chi connectivity index (χ1) is 9.63. The van der Waals surface area contributed by atoms with Crippen molar-refractivity contribution in [2.45, 2.75) is 26.0 Å². The van der Waals surface area contributed by atoms with Crippen molar-refractivity contribution < 1.29 is 4.74 Å². The zero-order valence-corrected chi connectivity index (χ0v) is 12.3. The van der Waals surface area contributed by atoms with Crippen molar-refractivity contribution in [3.05, 3.63) is 58.9 Å². The number of nitrogens with zero attached hydrogens (tertiary/aromatic N) is 1. The van der Waals surface area contributed by atoms with E-state index in [1.807, 2.05) is 44.2 Å². The molecule has 0 aliphatic heterocycles. The van der Waals surface area contributed by atoms with E-state index in [0.29, 0.717) is 5.02 Å². The minimum absolute atomic E-state index is 0.0856. The highest BCUT2D eigenvalue weighted by Gasteiger charge is 2.19. The third-order valence-corrected chi connectivity index (χ3v) is 3.19. The van der Waals surface area contributed by atoms with Crippen molar-refractivity contribution in [2.24, 2.45) is 5.84 Å². The molecule has 1 aromatic carbocycles. The van der Waals surface area contributed by atoms with Gasteiger partial charge in [-0.2, -0.15) is 0 Å². The summed E-state index contributed by atoms with van der Waals surface area (Å²) in [6, 6.07) is 9.37. The van der Waals surface area contributed by atoms with Gasteiger partial charge in [0.1, 0.15) is 5.75 Å². The molecule has 0 spiro atoms. The van der Waals surface area contributed by atoms with E-state index < -0.39 is 0 Å². The fourth-order valence-electron chi connectivity index (χ4n) is 2.05. The van der Waals surface area contributed by atoms with Gasteiger partial charge in [0.25, 0.3) is 0 Å². The van der Waals surface area contributed by atoms with Gasteiger partial charge in [-0.15, -0.1) is 0 Å². The number of nitrogens with two attached hydrogens (primary N) is 1. The fourth-order valence-corrected chi connectivity index (χ4v) is 2.28. The van der Waals surface area contributed by atoms with E-state index in [1.165, 1.54) is 0 Å². The quantitative estimate of drug-likeness (QED) is 0.656.